The van der Waals surface area contributed by atoms with E-state index in [0.717, 1.165) is 24.3 Å². The van der Waals surface area contributed by atoms with E-state index in [0.29, 0.717) is 6.04 Å². The second-order valence-electron chi connectivity index (χ2n) is 8.03. The van der Waals surface area contributed by atoms with Crippen LogP contribution in [0.3, 0.4) is 0 Å². The van der Waals surface area contributed by atoms with Crippen LogP contribution in [0.25, 0.3) is 0 Å². The van der Waals surface area contributed by atoms with E-state index in [1.165, 1.54) is 45.3 Å². The molecule has 0 amide bonds. The fourth-order valence-corrected chi connectivity index (χ4v) is 2.37. The highest BCUT2D eigenvalue weighted by Crippen LogP contribution is 2.08. The molecule has 0 fully saturated rings. The summed E-state index contributed by atoms with van der Waals surface area (Å²) in [5.41, 5.74) is 0. The predicted molar refractivity (Wildman–Crippen MR) is 96.9 cm³/mol. The molecule has 128 valence electrons. The highest BCUT2D eigenvalue weighted by molar-refractivity contribution is 4.66. The predicted octanol–water partition coefficient (Wildman–Crippen LogP) is 4.79. The fourth-order valence-electron chi connectivity index (χ4n) is 2.37. The van der Waals surface area contributed by atoms with Gasteiger partial charge in [-0.1, -0.05) is 41.5 Å². The average Bonchev–Trinajstić information content (AvgIpc) is 2.38. The topological polar surface area (TPSA) is 15.3 Å². The average molecular weight is 299 g/mol. The van der Waals surface area contributed by atoms with Crippen LogP contribution in [0.5, 0.6) is 0 Å². The Balaban J connectivity index is 3.92. The molecule has 0 spiro atoms. The molecule has 0 heterocycles. The number of rotatable bonds is 13. The molecule has 1 N–H and O–H groups in total. The molecule has 0 aliphatic heterocycles. The van der Waals surface area contributed by atoms with Gasteiger partial charge in [0.1, 0.15) is 0 Å². The molecule has 1 unspecified atom stereocenters. The minimum Gasteiger partial charge on any atom is -0.313 e. The molecule has 0 bridgehead atoms. The molecule has 21 heavy (non-hydrogen) atoms. The largest absolute Gasteiger partial charge is 0.313 e. The third-order valence-electron chi connectivity index (χ3n) is 4.14. The highest BCUT2D eigenvalue weighted by Gasteiger charge is 2.08. The molecule has 0 aromatic rings. The molecule has 0 aliphatic rings. The van der Waals surface area contributed by atoms with Gasteiger partial charge in [-0.05, 0) is 63.5 Å². The molecule has 0 aliphatic carbocycles. The van der Waals surface area contributed by atoms with Crippen LogP contribution < -0.4 is 5.32 Å². The van der Waals surface area contributed by atoms with Gasteiger partial charge in [-0.3, -0.25) is 0 Å². The van der Waals surface area contributed by atoms with E-state index in [4.69, 9.17) is 0 Å². The Bertz CT molecular complexity index is 212. The van der Waals surface area contributed by atoms with Crippen molar-refractivity contribution in [3.63, 3.8) is 0 Å². The van der Waals surface area contributed by atoms with Gasteiger partial charge >= 0.3 is 0 Å². The van der Waals surface area contributed by atoms with Crippen molar-refractivity contribution in [1.82, 2.24) is 10.2 Å². The number of hydrogen-bond donors (Lipinski definition) is 1. The van der Waals surface area contributed by atoms with E-state index in [-0.39, 0.29) is 0 Å². The Kier molecular flexibility index (Phi) is 12.4. The van der Waals surface area contributed by atoms with Crippen molar-refractivity contribution in [3.8, 4) is 0 Å². The summed E-state index contributed by atoms with van der Waals surface area (Å²) in [6.07, 6.45) is 5.27. The van der Waals surface area contributed by atoms with E-state index in [1.807, 2.05) is 0 Å². The first-order valence-electron chi connectivity index (χ1n) is 9.27. The zero-order chi connectivity index (χ0) is 16.3. The molecule has 0 aromatic carbocycles. The summed E-state index contributed by atoms with van der Waals surface area (Å²) in [5.74, 6) is 2.44. The zero-order valence-electron chi connectivity index (χ0n) is 15.9. The number of hydrogen-bond acceptors (Lipinski definition) is 2. The maximum Gasteiger partial charge on any atom is 0.0107 e. The highest BCUT2D eigenvalue weighted by atomic mass is 15.1. The van der Waals surface area contributed by atoms with E-state index < -0.39 is 0 Å². The monoisotopic (exact) mass is 298 g/mol. The lowest BCUT2D eigenvalue weighted by Gasteiger charge is -2.25. The van der Waals surface area contributed by atoms with Crippen LogP contribution in [0.4, 0.5) is 0 Å². The maximum absolute atomic E-state index is 3.70. The van der Waals surface area contributed by atoms with Crippen LogP contribution in [-0.2, 0) is 0 Å². The zero-order valence-corrected chi connectivity index (χ0v) is 15.9. The second kappa shape index (κ2) is 12.5. The summed E-state index contributed by atoms with van der Waals surface area (Å²) in [6, 6.07) is 0.657. The molecular formula is C19H42N2. The van der Waals surface area contributed by atoms with Gasteiger partial charge in [0.25, 0.3) is 0 Å². The molecule has 0 rings (SSSR count). The SMILES string of the molecule is CC(C)CCC(C)NCCN(CCC(C)C)CCC(C)C. The first-order chi connectivity index (χ1) is 9.81. The number of nitrogens with zero attached hydrogens (tertiary/aromatic N) is 1. The first kappa shape index (κ1) is 20.9. The lowest BCUT2D eigenvalue weighted by Crippen LogP contribution is -2.37. The third kappa shape index (κ3) is 14.6. The van der Waals surface area contributed by atoms with Gasteiger partial charge in [0.15, 0.2) is 0 Å². The minimum atomic E-state index is 0.657. The summed E-state index contributed by atoms with van der Waals surface area (Å²) in [6.45, 7) is 21.1. The van der Waals surface area contributed by atoms with Gasteiger partial charge in [-0.15, -0.1) is 0 Å². The van der Waals surface area contributed by atoms with Crippen LogP contribution >= 0.6 is 0 Å². The standard InChI is InChI=1S/C19H42N2/c1-16(2)8-9-19(7)20-12-15-21(13-10-17(3)4)14-11-18(5)6/h16-20H,8-15H2,1-7H3. The Morgan fingerprint density at radius 3 is 1.52 bits per heavy atom. The van der Waals surface area contributed by atoms with Gasteiger partial charge < -0.3 is 10.2 Å². The van der Waals surface area contributed by atoms with Gasteiger partial charge in [0, 0.05) is 19.1 Å². The molecule has 0 saturated heterocycles. The molecule has 0 saturated carbocycles. The fraction of sp³-hybridized carbons (Fsp3) is 1.00. The van der Waals surface area contributed by atoms with Gasteiger partial charge in [0.05, 0.1) is 0 Å². The van der Waals surface area contributed by atoms with Crippen LogP contribution in [0.15, 0.2) is 0 Å². The summed E-state index contributed by atoms with van der Waals surface area (Å²) >= 11 is 0. The van der Waals surface area contributed by atoms with E-state index in [2.05, 4.69) is 58.7 Å². The Morgan fingerprint density at radius 2 is 1.10 bits per heavy atom. The third-order valence-corrected chi connectivity index (χ3v) is 4.14. The summed E-state index contributed by atoms with van der Waals surface area (Å²) < 4.78 is 0. The molecular weight excluding hydrogens is 256 g/mol. The van der Waals surface area contributed by atoms with Gasteiger partial charge in [-0.2, -0.15) is 0 Å². The van der Waals surface area contributed by atoms with Gasteiger partial charge in [-0.25, -0.2) is 0 Å². The van der Waals surface area contributed by atoms with E-state index in [9.17, 15) is 0 Å². The smallest absolute Gasteiger partial charge is 0.0107 e. The van der Waals surface area contributed by atoms with Crippen molar-refractivity contribution in [1.29, 1.82) is 0 Å². The lowest BCUT2D eigenvalue weighted by molar-refractivity contribution is 0.240. The normalized spacial score (nSPS) is 13.9. The molecule has 2 nitrogen and oxygen atoms in total. The summed E-state index contributed by atoms with van der Waals surface area (Å²) in [4.78, 5) is 2.65. The number of nitrogens with one attached hydrogen (secondary N) is 1. The van der Waals surface area contributed by atoms with Crippen molar-refractivity contribution in [3.05, 3.63) is 0 Å². The molecule has 1 atom stereocenters. The Morgan fingerprint density at radius 1 is 0.619 bits per heavy atom. The minimum absolute atomic E-state index is 0.657. The molecule has 0 radical (unpaired) electrons. The Labute approximate surface area is 135 Å². The van der Waals surface area contributed by atoms with Crippen LogP contribution in [0.1, 0.15) is 74.1 Å². The van der Waals surface area contributed by atoms with Gasteiger partial charge in [0.2, 0.25) is 0 Å². The maximum atomic E-state index is 3.70. The van der Waals surface area contributed by atoms with Crippen molar-refractivity contribution in [2.45, 2.75) is 80.2 Å². The first-order valence-corrected chi connectivity index (χ1v) is 9.27. The van der Waals surface area contributed by atoms with Crippen molar-refractivity contribution in [2.75, 3.05) is 26.2 Å². The summed E-state index contributed by atoms with van der Waals surface area (Å²) in [5, 5.41) is 3.70. The van der Waals surface area contributed by atoms with Crippen molar-refractivity contribution < 1.29 is 0 Å². The second-order valence-corrected chi connectivity index (χ2v) is 8.03. The Hall–Kier alpha value is -0.0800. The lowest BCUT2D eigenvalue weighted by atomic mass is 10.0. The van der Waals surface area contributed by atoms with E-state index >= 15 is 0 Å². The van der Waals surface area contributed by atoms with Crippen LogP contribution in [0.2, 0.25) is 0 Å². The van der Waals surface area contributed by atoms with Crippen molar-refractivity contribution in [2.24, 2.45) is 17.8 Å². The quantitative estimate of drug-likeness (QED) is 0.525. The van der Waals surface area contributed by atoms with Crippen LogP contribution in [0, 0.1) is 17.8 Å². The van der Waals surface area contributed by atoms with E-state index in [1.54, 1.807) is 0 Å². The van der Waals surface area contributed by atoms with Crippen molar-refractivity contribution >= 4 is 0 Å². The molecule has 0 aromatic heterocycles. The molecule has 2 heteroatoms. The summed E-state index contributed by atoms with van der Waals surface area (Å²) in [7, 11) is 0. The van der Waals surface area contributed by atoms with Crippen LogP contribution in [-0.4, -0.2) is 37.1 Å².